The van der Waals surface area contributed by atoms with Crippen LogP contribution in [0.4, 0.5) is 9.59 Å². The third kappa shape index (κ3) is 1470. The van der Waals surface area contributed by atoms with E-state index in [-0.39, 0.29) is 113 Å². The number of carbonyl (C=O) groups is 2. The summed E-state index contributed by atoms with van der Waals surface area (Å²) in [5, 5.41) is 27.9. The average Bonchev–Trinajstić information content (AvgIpc) is 1.70. The standard InChI is InChI=1S/2CH2O3.3Ca.2H3O4P/c2*2-1(3)4;;;;2*1-5(2,3)4/h2*(H2,2,3,4);;;;2*(H3,1,2,3,4)/q;;3*+2;;/p-6. The van der Waals surface area contributed by atoms with E-state index in [2.05, 4.69) is 0 Å². The van der Waals surface area contributed by atoms with Crippen molar-refractivity contribution >= 4 is 141 Å². The van der Waals surface area contributed by atoms with Crippen LogP contribution >= 0.6 is 15.6 Å². The molecule has 112 valence electrons. The van der Waals surface area contributed by atoms with Gasteiger partial charge in [0.05, 0.1) is 0 Å². The normalized spacial score (nSPS) is 7.90. The fourth-order valence-corrected chi connectivity index (χ4v) is 0. The molecule has 0 bridgehead atoms. The molecule has 0 aliphatic rings. The number of phosphoric acid groups is 2. The number of rotatable bonds is 0. The van der Waals surface area contributed by atoms with Crippen LogP contribution in [0.5, 0.6) is 0 Å². The molecule has 0 aliphatic carbocycles. The molecule has 0 amide bonds. The van der Waals surface area contributed by atoms with Crippen molar-refractivity contribution in [1.29, 1.82) is 0 Å². The number of carboxylic acid groups (broad SMARTS) is 4. The first-order chi connectivity index (χ1) is 7.46. The number of hydrogen-bond acceptors (Lipinski definition) is 10. The Kier molecular flexibility index (Phi) is 51.6. The van der Waals surface area contributed by atoms with E-state index in [0.29, 0.717) is 0 Å². The second kappa shape index (κ2) is 24.8. The maximum atomic E-state index is 8.56. The van der Waals surface area contributed by atoms with Gasteiger partial charge in [-0.3, -0.25) is 0 Å². The van der Waals surface area contributed by atoms with E-state index < -0.39 is 28.0 Å². The summed E-state index contributed by atoms with van der Waals surface area (Å²) in [4.78, 5) is 68.4. The molecule has 0 aromatic heterocycles. The van der Waals surface area contributed by atoms with E-state index in [1.807, 2.05) is 0 Å². The van der Waals surface area contributed by atoms with E-state index in [0.717, 1.165) is 0 Å². The molecule has 4 N–H and O–H groups in total. The Morgan fingerprint density at radius 2 is 0.571 bits per heavy atom. The average molecular weight is 434 g/mol. The summed E-state index contributed by atoms with van der Waals surface area (Å²) >= 11 is 0. The zero-order valence-electron chi connectivity index (χ0n) is 9.89. The minimum Gasteiger partial charge on any atom is -0.822 e. The zero-order valence-corrected chi connectivity index (χ0v) is 18.3. The van der Waals surface area contributed by atoms with E-state index in [1.54, 1.807) is 0 Å². The Bertz CT molecular complexity index is 262. The van der Waals surface area contributed by atoms with Crippen molar-refractivity contribution in [1.82, 2.24) is 0 Å². The van der Waals surface area contributed by atoms with Crippen LogP contribution in [0, 0.1) is 0 Å². The van der Waals surface area contributed by atoms with Crippen molar-refractivity contribution in [2.24, 2.45) is 0 Å². The Hall–Kier alpha value is 2.54. The molecule has 0 unspecified atom stereocenters. The summed E-state index contributed by atoms with van der Waals surface area (Å²) in [6, 6.07) is 0. The van der Waals surface area contributed by atoms with Gasteiger partial charge in [-0.15, -0.1) is 0 Å². The van der Waals surface area contributed by atoms with E-state index in [1.165, 1.54) is 0 Å². The monoisotopic (exact) mass is 434 g/mol. The summed E-state index contributed by atoms with van der Waals surface area (Å²) in [5.41, 5.74) is 0. The minimum atomic E-state index is -5.39. The fraction of sp³-hybridized carbons (Fsp3) is 0. The maximum absolute atomic E-state index is 8.56. The van der Waals surface area contributed by atoms with Gasteiger partial charge in [-0.1, -0.05) is 0 Å². The Morgan fingerprint density at radius 1 is 0.571 bits per heavy atom. The summed E-state index contributed by atoms with van der Waals surface area (Å²) in [5.74, 6) is 0. The van der Waals surface area contributed by atoms with Crippen LogP contribution in [-0.2, 0) is 9.13 Å². The molecule has 0 fully saturated rings. The topological polar surface area (TPSA) is 288 Å². The molecule has 0 heterocycles. The Morgan fingerprint density at radius 3 is 0.571 bits per heavy atom. The SMILES string of the molecule is O=C(O)O.O=C(O)O.O=P([O-])([O-])[O-].O=P([O-])([O-])[O-].[Ca+2].[Ca+2].[Ca+2]. The van der Waals surface area contributed by atoms with E-state index >= 15 is 0 Å². The molecule has 0 radical (unpaired) electrons. The first-order valence-electron chi connectivity index (χ1n) is 2.76. The second-order valence-corrected chi connectivity index (χ2v) is 3.25. The molecule has 0 rings (SSSR count). The molecule has 0 saturated carbocycles. The zero-order chi connectivity index (χ0) is 16.2. The first kappa shape index (κ1) is 43.7. The summed E-state index contributed by atoms with van der Waals surface area (Å²) in [6.45, 7) is 0. The predicted octanol–water partition coefficient (Wildman–Crippen LogP) is -6.35. The van der Waals surface area contributed by atoms with Gasteiger partial charge >= 0.3 is 126 Å². The molecule has 0 aliphatic heterocycles. The molecule has 0 atom stereocenters. The predicted molar refractivity (Wildman–Crippen MR) is 53.8 cm³/mol. The largest absolute Gasteiger partial charge is 2.00 e. The van der Waals surface area contributed by atoms with Crippen molar-refractivity contribution in [3.63, 3.8) is 0 Å². The third-order valence-corrected chi connectivity index (χ3v) is 0. The van der Waals surface area contributed by atoms with Gasteiger partial charge in [-0.2, -0.15) is 15.6 Å². The van der Waals surface area contributed by atoms with Crippen LogP contribution in [0.15, 0.2) is 0 Å². The molecule has 0 spiro atoms. The van der Waals surface area contributed by atoms with Gasteiger partial charge in [0.1, 0.15) is 0 Å². The smallest absolute Gasteiger partial charge is 0.822 e. The maximum Gasteiger partial charge on any atom is 2.00 e. The molecule has 14 nitrogen and oxygen atoms in total. The third-order valence-electron chi connectivity index (χ3n) is 0. The van der Waals surface area contributed by atoms with Crippen LogP contribution in [-0.4, -0.2) is 146 Å². The minimum absolute atomic E-state index is 0. The van der Waals surface area contributed by atoms with E-state index in [9.17, 15) is 0 Å². The summed E-state index contributed by atoms with van der Waals surface area (Å²) in [6.07, 6.45) is -3.67. The van der Waals surface area contributed by atoms with Crippen LogP contribution in [0.1, 0.15) is 0 Å². The molecule has 0 aromatic rings. The Balaban J connectivity index is -0.0000000239. The summed E-state index contributed by atoms with van der Waals surface area (Å²) in [7, 11) is -10.8. The first-order valence-corrected chi connectivity index (χ1v) is 5.68. The van der Waals surface area contributed by atoms with Gasteiger partial charge < -0.3 is 58.9 Å². The van der Waals surface area contributed by atoms with Crippen molar-refractivity contribution < 1.29 is 68.5 Å². The van der Waals surface area contributed by atoms with Crippen molar-refractivity contribution in [3.05, 3.63) is 0 Å². The van der Waals surface area contributed by atoms with Crippen molar-refractivity contribution in [2.45, 2.75) is 0 Å². The van der Waals surface area contributed by atoms with Gasteiger partial charge in [0, 0.05) is 0 Å². The van der Waals surface area contributed by atoms with Crippen LogP contribution in [0.3, 0.4) is 0 Å². The fourth-order valence-electron chi connectivity index (χ4n) is 0. The summed E-state index contributed by atoms with van der Waals surface area (Å²) < 4.78 is 17.1. The van der Waals surface area contributed by atoms with Crippen LogP contribution < -0.4 is 29.4 Å². The second-order valence-electron chi connectivity index (χ2n) is 1.46. The Labute approximate surface area is 206 Å². The molecule has 19 heteroatoms. The quantitative estimate of drug-likeness (QED) is 0.204. The van der Waals surface area contributed by atoms with E-state index in [4.69, 9.17) is 68.5 Å². The van der Waals surface area contributed by atoms with Gasteiger partial charge in [-0.05, 0) is 0 Å². The van der Waals surface area contributed by atoms with Crippen molar-refractivity contribution in [2.75, 3.05) is 0 Å². The molecular weight excluding hydrogens is 430 g/mol. The molecule has 0 saturated heterocycles. The number of hydrogen-bond donors (Lipinski definition) is 4. The van der Waals surface area contributed by atoms with Crippen LogP contribution in [0.25, 0.3) is 0 Å². The van der Waals surface area contributed by atoms with Gasteiger partial charge in [0.25, 0.3) is 0 Å². The van der Waals surface area contributed by atoms with Gasteiger partial charge in [0.2, 0.25) is 0 Å². The van der Waals surface area contributed by atoms with Gasteiger partial charge in [-0.25, -0.2) is 9.59 Å². The molecular formula is C2H4Ca3O14P2. The van der Waals surface area contributed by atoms with Crippen molar-refractivity contribution in [3.8, 4) is 0 Å². The molecule has 0 aromatic carbocycles. The molecule has 21 heavy (non-hydrogen) atoms. The van der Waals surface area contributed by atoms with Crippen LogP contribution in [0.2, 0.25) is 0 Å². The van der Waals surface area contributed by atoms with Gasteiger partial charge in [0.15, 0.2) is 0 Å².